The Labute approximate surface area is 137 Å². The number of hydrogen-bond acceptors (Lipinski definition) is 5. The number of carbonyl (C=O) groups is 1. The largest absolute Gasteiger partial charge is 0.382 e. The minimum absolute atomic E-state index is 0.246. The van der Waals surface area contributed by atoms with Crippen LogP contribution >= 0.6 is 0 Å². The van der Waals surface area contributed by atoms with Gasteiger partial charge in [0, 0.05) is 10.9 Å². The number of nitrogens with zero attached hydrogens (tertiary/aromatic N) is 4. The van der Waals surface area contributed by atoms with E-state index in [4.69, 9.17) is 5.73 Å². The Morgan fingerprint density at radius 3 is 2.50 bits per heavy atom. The molecule has 2 heterocycles. The molecule has 2 aromatic carbocycles. The van der Waals surface area contributed by atoms with Crippen LogP contribution in [-0.2, 0) is 0 Å². The lowest BCUT2D eigenvalue weighted by Crippen LogP contribution is -2.14. The second kappa shape index (κ2) is 5.13. The molecule has 0 saturated heterocycles. The van der Waals surface area contributed by atoms with Gasteiger partial charge in [0.1, 0.15) is 0 Å². The Morgan fingerprint density at radius 1 is 1.00 bits per heavy atom. The number of benzene rings is 2. The van der Waals surface area contributed by atoms with Gasteiger partial charge in [0.25, 0.3) is 5.91 Å². The lowest BCUT2D eigenvalue weighted by Gasteiger charge is -2.06. The fourth-order valence-corrected chi connectivity index (χ4v) is 2.73. The summed E-state index contributed by atoms with van der Waals surface area (Å²) in [7, 11) is 0. The molecule has 24 heavy (non-hydrogen) atoms. The molecule has 0 amide bonds. The predicted molar refractivity (Wildman–Crippen MR) is 92.9 cm³/mol. The smallest absolute Gasteiger partial charge is 0.278 e. The van der Waals surface area contributed by atoms with E-state index in [1.54, 1.807) is 18.2 Å². The molecular weight excluding hydrogens is 302 g/mol. The van der Waals surface area contributed by atoms with Gasteiger partial charge >= 0.3 is 0 Å². The summed E-state index contributed by atoms with van der Waals surface area (Å²) in [6.45, 7) is 3.82. The van der Waals surface area contributed by atoms with Crippen LogP contribution in [0.5, 0.6) is 0 Å². The zero-order chi connectivity index (χ0) is 16.8. The summed E-state index contributed by atoms with van der Waals surface area (Å²) in [4.78, 5) is 21.9. The molecule has 0 aliphatic carbocycles. The van der Waals surface area contributed by atoms with Crippen LogP contribution < -0.4 is 5.73 Å². The zero-order valence-electron chi connectivity index (χ0n) is 13.3. The fourth-order valence-electron chi connectivity index (χ4n) is 2.73. The molecule has 0 aliphatic heterocycles. The molecular formula is C18H15N5O. The molecule has 6 nitrogen and oxygen atoms in total. The molecule has 4 rings (SSSR count). The van der Waals surface area contributed by atoms with Gasteiger partial charge < -0.3 is 5.73 Å². The first-order valence-electron chi connectivity index (χ1n) is 7.57. The summed E-state index contributed by atoms with van der Waals surface area (Å²) in [5, 5.41) is 4.95. The summed E-state index contributed by atoms with van der Waals surface area (Å²) < 4.78 is 1.33. The van der Waals surface area contributed by atoms with E-state index in [0.717, 1.165) is 22.3 Å². The third-order valence-corrected chi connectivity index (χ3v) is 4.13. The summed E-state index contributed by atoms with van der Waals surface area (Å²) in [6, 6.07) is 12.7. The Bertz CT molecular complexity index is 1110. The third-order valence-electron chi connectivity index (χ3n) is 4.13. The van der Waals surface area contributed by atoms with Gasteiger partial charge in [0.05, 0.1) is 27.9 Å². The maximum atomic E-state index is 12.9. The van der Waals surface area contributed by atoms with Crippen LogP contribution in [-0.4, -0.2) is 25.7 Å². The predicted octanol–water partition coefficient (Wildman–Crippen LogP) is 2.87. The molecule has 0 radical (unpaired) electrons. The molecule has 2 N–H and O–H groups in total. The first-order chi connectivity index (χ1) is 11.5. The topological polar surface area (TPSA) is 86.7 Å². The molecule has 4 aromatic rings. The minimum Gasteiger partial charge on any atom is -0.382 e. The van der Waals surface area contributed by atoms with Crippen molar-refractivity contribution in [1.29, 1.82) is 0 Å². The number of fused-ring (bicyclic) bond motifs is 2. The average molecular weight is 317 g/mol. The monoisotopic (exact) mass is 317 g/mol. The maximum Gasteiger partial charge on any atom is 0.278 e. The maximum absolute atomic E-state index is 12.9. The lowest BCUT2D eigenvalue weighted by atomic mass is 10.1. The van der Waals surface area contributed by atoms with Crippen LogP contribution in [0.4, 0.5) is 5.82 Å². The van der Waals surface area contributed by atoms with Gasteiger partial charge in [-0.05, 0) is 44.2 Å². The molecule has 6 heteroatoms. The average Bonchev–Trinajstić information content (AvgIpc) is 2.92. The number of anilines is 1. The van der Waals surface area contributed by atoms with Crippen LogP contribution in [0.25, 0.3) is 21.9 Å². The van der Waals surface area contributed by atoms with E-state index in [2.05, 4.69) is 15.1 Å². The zero-order valence-corrected chi connectivity index (χ0v) is 13.3. The number of aromatic nitrogens is 4. The van der Waals surface area contributed by atoms with Crippen LogP contribution in [0, 0.1) is 13.8 Å². The van der Waals surface area contributed by atoms with E-state index in [1.165, 1.54) is 4.68 Å². The van der Waals surface area contributed by atoms with Crippen molar-refractivity contribution in [1.82, 2.24) is 19.7 Å². The Morgan fingerprint density at radius 2 is 1.71 bits per heavy atom. The highest BCUT2D eigenvalue weighted by Gasteiger charge is 2.16. The van der Waals surface area contributed by atoms with Crippen molar-refractivity contribution in [2.45, 2.75) is 13.8 Å². The van der Waals surface area contributed by atoms with Crippen LogP contribution in [0.1, 0.15) is 21.7 Å². The first-order valence-corrected chi connectivity index (χ1v) is 7.57. The van der Waals surface area contributed by atoms with Crippen molar-refractivity contribution in [3.05, 3.63) is 59.4 Å². The summed E-state index contributed by atoms with van der Waals surface area (Å²) in [5.41, 5.74) is 10.3. The molecule has 0 bridgehead atoms. The highest BCUT2D eigenvalue weighted by atomic mass is 16.2. The van der Waals surface area contributed by atoms with Crippen molar-refractivity contribution in [2.24, 2.45) is 0 Å². The second-order valence-corrected chi connectivity index (χ2v) is 5.72. The molecule has 0 spiro atoms. The number of nitrogens with two attached hydrogens (primary N) is 1. The highest BCUT2D eigenvalue weighted by molar-refractivity contribution is 6.04. The second-order valence-electron chi connectivity index (χ2n) is 5.72. The number of para-hydroxylation sites is 1. The highest BCUT2D eigenvalue weighted by Crippen LogP contribution is 2.22. The quantitative estimate of drug-likeness (QED) is 0.583. The molecule has 0 unspecified atom stereocenters. The van der Waals surface area contributed by atoms with Crippen molar-refractivity contribution in [2.75, 3.05) is 5.73 Å². The normalized spacial score (nSPS) is 11.2. The van der Waals surface area contributed by atoms with Gasteiger partial charge in [-0.15, -0.1) is 5.10 Å². The number of carbonyl (C=O) groups excluding carboxylic acids is 1. The summed E-state index contributed by atoms with van der Waals surface area (Å²) in [5.74, 6) is 0.0934. The molecule has 0 fully saturated rings. The number of aryl methyl sites for hydroxylation is 2. The van der Waals surface area contributed by atoms with E-state index in [0.29, 0.717) is 22.4 Å². The van der Waals surface area contributed by atoms with Crippen LogP contribution in [0.3, 0.4) is 0 Å². The van der Waals surface area contributed by atoms with Gasteiger partial charge in [-0.1, -0.05) is 12.1 Å². The summed E-state index contributed by atoms with van der Waals surface area (Å²) >= 11 is 0. The van der Waals surface area contributed by atoms with Crippen molar-refractivity contribution < 1.29 is 4.79 Å². The van der Waals surface area contributed by atoms with Crippen LogP contribution in [0.15, 0.2) is 42.5 Å². The SMILES string of the molecule is Cc1nc2ccc(C(=O)n3nc(N)c4ccccc43)cc2nc1C. The van der Waals surface area contributed by atoms with Gasteiger partial charge in [-0.3, -0.25) is 4.79 Å². The molecule has 118 valence electrons. The van der Waals surface area contributed by atoms with Crippen molar-refractivity contribution in [3.63, 3.8) is 0 Å². The Balaban J connectivity index is 1.87. The molecule has 0 saturated carbocycles. The Hall–Kier alpha value is -3.28. The van der Waals surface area contributed by atoms with Crippen molar-refractivity contribution >= 4 is 33.7 Å². The van der Waals surface area contributed by atoms with Crippen molar-refractivity contribution in [3.8, 4) is 0 Å². The van der Waals surface area contributed by atoms with E-state index in [-0.39, 0.29) is 5.91 Å². The van der Waals surface area contributed by atoms with Gasteiger partial charge in [0.15, 0.2) is 5.82 Å². The van der Waals surface area contributed by atoms with Gasteiger partial charge in [-0.25, -0.2) is 9.97 Å². The minimum atomic E-state index is -0.246. The molecule has 0 atom stereocenters. The van der Waals surface area contributed by atoms with E-state index in [9.17, 15) is 4.79 Å². The van der Waals surface area contributed by atoms with Gasteiger partial charge in [0.2, 0.25) is 0 Å². The number of rotatable bonds is 1. The Kier molecular flexibility index (Phi) is 3.06. The first kappa shape index (κ1) is 14.3. The van der Waals surface area contributed by atoms with Gasteiger partial charge in [-0.2, -0.15) is 4.68 Å². The summed E-state index contributed by atoms with van der Waals surface area (Å²) in [6.07, 6.45) is 0. The standard InChI is InChI=1S/C18H15N5O/c1-10-11(2)21-15-9-12(7-8-14(15)20-10)18(24)23-16-6-4-3-5-13(16)17(19)22-23/h3-9H,1-2H3,(H2,19,22). The van der Waals surface area contributed by atoms with E-state index >= 15 is 0 Å². The van der Waals surface area contributed by atoms with E-state index in [1.807, 2.05) is 38.1 Å². The third kappa shape index (κ3) is 2.11. The molecule has 0 aliphatic rings. The lowest BCUT2D eigenvalue weighted by molar-refractivity contribution is 0.0951. The van der Waals surface area contributed by atoms with Crippen LogP contribution in [0.2, 0.25) is 0 Å². The molecule has 2 aromatic heterocycles. The van der Waals surface area contributed by atoms with E-state index < -0.39 is 0 Å². The number of hydrogen-bond donors (Lipinski definition) is 1. The number of nitrogen functional groups attached to an aromatic ring is 1. The fraction of sp³-hybridized carbons (Fsp3) is 0.111.